The lowest BCUT2D eigenvalue weighted by Crippen LogP contribution is -2.51. The van der Waals surface area contributed by atoms with Gasteiger partial charge in [-0.15, -0.1) is 0 Å². The second-order valence-electron chi connectivity index (χ2n) is 5.67. The van der Waals surface area contributed by atoms with Crippen molar-refractivity contribution in [2.75, 3.05) is 31.1 Å². The van der Waals surface area contributed by atoms with Crippen molar-refractivity contribution in [2.24, 2.45) is 10.7 Å². The van der Waals surface area contributed by atoms with Gasteiger partial charge in [-0.25, -0.2) is 4.98 Å². The molecule has 1 aromatic carbocycles. The molecule has 0 unspecified atom stereocenters. The number of nitro groups is 1. The number of hydrogen-bond donors (Lipinski definition) is 1. The van der Waals surface area contributed by atoms with Crippen LogP contribution in [0.5, 0.6) is 0 Å². The Morgan fingerprint density at radius 1 is 1.15 bits per heavy atom. The van der Waals surface area contributed by atoms with Crippen LogP contribution in [0.15, 0.2) is 41.5 Å². The van der Waals surface area contributed by atoms with Crippen molar-refractivity contribution in [2.45, 2.75) is 0 Å². The topological polar surface area (TPSA) is 101 Å². The largest absolute Gasteiger partial charge is 0.369 e. The van der Waals surface area contributed by atoms with E-state index in [9.17, 15) is 10.1 Å². The molecule has 1 saturated heterocycles. The van der Waals surface area contributed by atoms with Crippen molar-refractivity contribution >= 4 is 46.4 Å². The molecule has 10 heteroatoms. The molecule has 0 aliphatic carbocycles. The van der Waals surface area contributed by atoms with Gasteiger partial charge in [0.2, 0.25) is 0 Å². The number of anilines is 1. The highest BCUT2D eigenvalue weighted by molar-refractivity contribution is 6.42. The molecule has 1 aliphatic heterocycles. The Balaban J connectivity index is 1.63. The van der Waals surface area contributed by atoms with E-state index in [0.717, 1.165) is 25.0 Å². The van der Waals surface area contributed by atoms with E-state index in [4.69, 9.17) is 28.9 Å². The minimum atomic E-state index is -0.508. The smallest absolute Gasteiger partial charge is 0.287 e. The van der Waals surface area contributed by atoms with Crippen molar-refractivity contribution in [3.63, 3.8) is 0 Å². The van der Waals surface area contributed by atoms with Crippen LogP contribution in [-0.4, -0.2) is 46.9 Å². The van der Waals surface area contributed by atoms with E-state index < -0.39 is 4.92 Å². The third-order valence-electron chi connectivity index (χ3n) is 4.04. The van der Waals surface area contributed by atoms with E-state index >= 15 is 0 Å². The Morgan fingerprint density at radius 3 is 2.46 bits per heavy atom. The van der Waals surface area contributed by atoms with Gasteiger partial charge in [0.05, 0.1) is 15.0 Å². The Kier molecular flexibility index (Phi) is 5.43. The highest BCUT2D eigenvalue weighted by Gasteiger charge is 2.19. The number of piperazine rings is 1. The van der Waals surface area contributed by atoms with E-state index in [2.05, 4.69) is 14.9 Å². The molecule has 1 fully saturated rings. The molecule has 1 aromatic heterocycles. The number of aliphatic imine (C=N–C) groups is 1. The SMILES string of the molecule is NC(=Nc1ccc([N+](=O)[O-])cn1)N1CCN(c2ccc(Cl)c(Cl)c2)CC1. The Labute approximate surface area is 160 Å². The van der Waals surface area contributed by atoms with Crippen molar-refractivity contribution < 1.29 is 4.92 Å². The number of nitrogens with zero attached hydrogens (tertiary/aromatic N) is 5. The lowest BCUT2D eigenvalue weighted by Gasteiger charge is -2.36. The Hall–Kier alpha value is -2.58. The van der Waals surface area contributed by atoms with Crippen LogP contribution < -0.4 is 10.6 Å². The van der Waals surface area contributed by atoms with Crippen LogP contribution in [-0.2, 0) is 0 Å². The van der Waals surface area contributed by atoms with E-state index in [-0.39, 0.29) is 5.69 Å². The van der Waals surface area contributed by atoms with Crippen LogP contribution in [0, 0.1) is 10.1 Å². The van der Waals surface area contributed by atoms with Gasteiger partial charge >= 0.3 is 0 Å². The number of pyridine rings is 1. The predicted octanol–water partition coefficient (Wildman–Crippen LogP) is 3.07. The standard InChI is InChI=1S/C16H16Cl2N6O2/c17-13-3-1-11(9-14(13)18)22-5-7-23(8-6-22)16(19)21-15-4-2-12(10-20-15)24(25)26/h1-4,9-10H,5-8H2,(H2,19,20,21). The molecule has 2 N–H and O–H groups in total. The zero-order valence-corrected chi connectivity index (χ0v) is 15.2. The summed E-state index contributed by atoms with van der Waals surface area (Å²) in [5.41, 5.74) is 6.97. The lowest BCUT2D eigenvalue weighted by molar-refractivity contribution is -0.385. The zero-order chi connectivity index (χ0) is 18.7. The first-order valence-electron chi connectivity index (χ1n) is 7.83. The minimum absolute atomic E-state index is 0.0854. The van der Waals surface area contributed by atoms with Crippen molar-refractivity contribution in [1.29, 1.82) is 0 Å². The fourth-order valence-corrected chi connectivity index (χ4v) is 2.91. The Morgan fingerprint density at radius 2 is 1.88 bits per heavy atom. The summed E-state index contributed by atoms with van der Waals surface area (Å²) in [4.78, 5) is 22.4. The summed E-state index contributed by atoms with van der Waals surface area (Å²) in [6.45, 7) is 2.87. The number of halogens is 2. The van der Waals surface area contributed by atoms with Crippen molar-refractivity contribution in [3.05, 3.63) is 56.7 Å². The van der Waals surface area contributed by atoms with Gasteiger partial charge < -0.3 is 15.5 Å². The van der Waals surface area contributed by atoms with Crippen LogP contribution >= 0.6 is 23.2 Å². The predicted molar refractivity (Wildman–Crippen MR) is 102 cm³/mol. The molecule has 0 saturated carbocycles. The van der Waals surface area contributed by atoms with E-state index in [1.165, 1.54) is 12.1 Å². The quantitative estimate of drug-likeness (QED) is 0.371. The summed E-state index contributed by atoms with van der Waals surface area (Å²) in [6.07, 6.45) is 1.16. The fourth-order valence-electron chi connectivity index (χ4n) is 2.62. The summed E-state index contributed by atoms with van der Waals surface area (Å²) in [6, 6.07) is 8.37. The maximum Gasteiger partial charge on any atom is 0.287 e. The number of hydrogen-bond acceptors (Lipinski definition) is 5. The van der Waals surface area contributed by atoms with Gasteiger partial charge in [0.15, 0.2) is 11.8 Å². The van der Waals surface area contributed by atoms with E-state index in [0.29, 0.717) is 34.9 Å². The van der Waals surface area contributed by atoms with Crippen molar-refractivity contribution in [1.82, 2.24) is 9.88 Å². The number of rotatable bonds is 3. The molecule has 0 radical (unpaired) electrons. The number of aromatic nitrogens is 1. The van der Waals surface area contributed by atoms with E-state index in [1.54, 1.807) is 6.07 Å². The zero-order valence-electron chi connectivity index (χ0n) is 13.7. The average Bonchev–Trinajstić information content (AvgIpc) is 2.64. The molecule has 2 aromatic rings. The highest BCUT2D eigenvalue weighted by Crippen LogP contribution is 2.27. The molecule has 3 rings (SSSR count). The third kappa shape index (κ3) is 4.14. The minimum Gasteiger partial charge on any atom is -0.369 e. The highest BCUT2D eigenvalue weighted by atomic mass is 35.5. The molecule has 0 atom stereocenters. The molecular formula is C16H16Cl2N6O2. The lowest BCUT2D eigenvalue weighted by atomic mass is 10.2. The summed E-state index contributed by atoms with van der Waals surface area (Å²) >= 11 is 12.0. The van der Waals surface area contributed by atoms with Crippen LogP contribution in [0.1, 0.15) is 0 Å². The molecule has 26 heavy (non-hydrogen) atoms. The van der Waals surface area contributed by atoms with Gasteiger partial charge in [-0.2, -0.15) is 4.99 Å². The number of guanidine groups is 1. The number of nitrogens with two attached hydrogens (primary N) is 1. The van der Waals surface area contributed by atoms with Gasteiger partial charge in [0.1, 0.15) is 6.20 Å². The fraction of sp³-hybridized carbons (Fsp3) is 0.250. The molecular weight excluding hydrogens is 379 g/mol. The molecule has 8 nitrogen and oxygen atoms in total. The van der Waals surface area contributed by atoms with Crippen molar-refractivity contribution in [3.8, 4) is 0 Å². The monoisotopic (exact) mass is 394 g/mol. The first-order chi connectivity index (χ1) is 12.4. The normalized spacial score (nSPS) is 15.2. The van der Waals surface area contributed by atoms with Crippen LogP contribution in [0.2, 0.25) is 10.0 Å². The second kappa shape index (κ2) is 7.76. The van der Waals surface area contributed by atoms with Crippen LogP contribution in [0.3, 0.4) is 0 Å². The Bertz CT molecular complexity index is 835. The van der Waals surface area contributed by atoms with Gasteiger partial charge in [-0.3, -0.25) is 10.1 Å². The maximum absolute atomic E-state index is 10.6. The molecule has 0 amide bonds. The van der Waals surface area contributed by atoms with Gasteiger partial charge in [0, 0.05) is 37.9 Å². The molecule has 0 bridgehead atoms. The molecule has 2 heterocycles. The van der Waals surface area contributed by atoms with E-state index in [1.807, 2.05) is 17.0 Å². The van der Waals surface area contributed by atoms with Gasteiger partial charge in [-0.1, -0.05) is 23.2 Å². The van der Waals surface area contributed by atoms with Crippen LogP contribution in [0.25, 0.3) is 0 Å². The maximum atomic E-state index is 10.6. The summed E-state index contributed by atoms with van der Waals surface area (Å²) in [7, 11) is 0. The first-order valence-corrected chi connectivity index (χ1v) is 8.59. The second-order valence-corrected chi connectivity index (χ2v) is 6.49. The first kappa shape index (κ1) is 18.2. The summed E-state index contributed by atoms with van der Waals surface area (Å²) in [5, 5.41) is 11.7. The third-order valence-corrected chi connectivity index (χ3v) is 4.78. The van der Waals surface area contributed by atoms with Crippen LogP contribution in [0.4, 0.5) is 17.2 Å². The van der Waals surface area contributed by atoms with Gasteiger partial charge in [-0.05, 0) is 24.3 Å². The number of benzene rings is 1. The van der Waals surface area contributed by atoms with Gasteiger partial charge in [0.25, 0.3) is 5.69 Å². The summed E-state index contributed by atoms with van der Waals surface area (Å²) in [5.74, 6) is 0.667. The average molecular weight is 395 g/mol. The molecule has 136 valence electrons. The molecule has 0 spiro atoms. The summed E-state index contributed by atoms with van der Waals surface area (Å²) < 4.78 is 0. The molecule has 1 aliphatic rings.